The molecular weight excluding hydrogens is 342 g/mol. The largest absolute Gasteiger partial charge is 0.289 e. The molecule has 0 amide bonds. The third-order valence-electron chi connectivity index (χ3n) is 5.20. The van der Waals surface area contributed by atoms with Crippen LogP contribution in [0.15, 0.2) is 89.9 Å². The zero-order valence-corrected chi connectivity index (χ0v) is 15.6. The van der Waals surface area contributed by atoms with Crippen molar-refractivity contribution in [3.63, 3.8) is 0 Å². The molecule has 0 bridgehead atoms. The number of nitrogens with zero attached hydrogens (tertiary/aromatic N) is 3. The van der Waals surface area contributed by atoms with E-state index in [9.17, 15) is 0 Å². The molecule has 136 valence electrons. The maximum atomic E-state index is 4.95. The molecule has 3 heteroatoms. The molecule has 5 rings (SSSR count). The van der Waals surface area contributed by atoms with Crippen LogP contribution in [0.25, 0.3) is 10.9 Å². The minimum Gasteiger partial charge on any atom is -0.289 e. The first kappa shape index (κ1) is 16.8. The Balaban J connectivity index is 1.53. The van der Waals surface area contributed by atoms with E-state index in [0.29, 0.717) is 0 Å². The van der Waals surface area contributed by atoms with Gasteiger partial charge in [0.15, 0.2) is 0 Å². The van der Waals surface area contributed by atoms with E-state index in [1.807, 2.05) is 30.5 Å². The number of rotatable bonds is 4. The van der Waals surface area contributed by atoms with Gasteiger partial charge in [-0.25, -0.2) is 0 Å². The predicted octanol–water partition coefficient (Wildman–Crippen LogP) is 5.50. The molecule has 1 aliphatic rings. The Bertz CT molecular complexity index is 1130. The van der Waals surface area contributed by atoms with E-state index in [4.69, 9.17) is 9.98 Å². The van der Waals surface area contributed by atoms with Crippen molar-refractivity contribution in [2.75, 3.05) is 0 Å². The first-order valence-corrected chi connectivity index (χ1v) is 9.63. The van der Waals surface area contributed by atoms with Gasteiger partial charge in [0.05, 0.1) is 16.9 Å². The Morgan fingerprint density at radius 3 is 2.36 bits per heavy atom. The van der Waals surface area contributed by atoms with Gasteiger partial charge in [0.25, 0.3) is 0 Å². The van der Waals surface area contributed by atoms with Crippen molar-refractivity contribution >= 4 is 22.8 Å². The maximum absolute atomic E-state index is 4.95. The van der Waals surface area contributed by atoms with Crippen LogP contribution >= 0.6 is 0 Å². The van der Waals surface area contributed by atoms with Gasteiger partial charge in [-0.15, -0.1) is 0 Å². The van der Waals surface area contributed by atoms with Crippen LogP contribution in [0.5, 0.6) is 0 Å². The van der Waals surface area contributed by atoms with E-state index in [1.54, 1.807) is 0 Å². The Morgan fingerprint density at radius 1 is 0.821 bits per heavy atom. The molecular formula is C25H21N3. The summed E-state index contributed by atoms with van der Waals surface area (Å²) >= 11 is 0. The van der Waals surface area contributed by atoms with Crippen molar-refractivity contribution < 1.29 is 0 Å². The predicted molar refractivity (Wildman–Crippen MR) is 115 cm³/mol. The molecule has 0 atom stereocenters. The summed E-state index contributed by atoms with van der Waals surface area (Å²) in [5, 5.41) is 1.12. The van der Waals surface area contributed by atoms with Gasteiger partial charge in [0, 0.05) is 36.8 Å². The smallest absolute Gasteiger partial charge is 0.0787 e. The Hall–Kier alpha value is -3.30. The zero-order valence-electron chi connectivity index (χ0n) is 15.6. The molecule has 1 aromatic heterocycles. The van der Waals surface area contributed by atoms with Crippen molar-refractivity contribution in [1.29, 1.82) is 0 Å². The molecule has 0 unspecified atom stereocenters. The summed E-state index contributed by atoms with van der Waals surface area (Å²) in [4.78, 5) is 12.3. The quantitative estimate of drug-likeness (QED) is 0.448. The first-order chi connectivity index (χ1) is 13.9. The molecule has 28 heavy (non-hydrogen) atoms. The summed E-state index contributed by atoms with van der Waals surface area (Å²) in [5.74, 6) is 0. The minimum absolute atomic E-state index is 0.864. The van der Waals surface area contributed by atoms with E-state index in [2.05, 4.69) is 65.6 Å². The lowest BCUT2D eigenvalue weighted by Gasteiger charge is -2.14. The highest BCUT2D eigenvalue weighted by Gasteiger charge is 2.25. The summed E-state index contributed by atoms with van der Waals surface area (Å²) in [6.45, 7) is 2.67. The van der Waals surface area contributed by atoms with Crippen molar-refractivity contribution in [1.82, 2.24) is 9.88 Å². The SMILES string of the molecule is C(=Nc1c2c(nc3ccccc13)CN(Cc1ccccc1)C2)c1ccccc1. The third-order valence-corrected chi connectivity index (χ3v) is 5.20. The summed E-state index contributed by atoms with van der Waals surface area (Å²) < 4.78 is 0. The van der Waals surface area contributed by atoms with Gasteiger partial charge in [-0.1, -0.05) is 78.9 Å². The number of benzene rings is 3. The summed E-state index contributed by atoms with van der Waals surface area (Å²) in [6, 6.07) is 29.2. The molecule has 0 saturated carbocycles. The van der Waals surface area contributed by atoms with Crippen molar-refractivity contribution in [3.05, 3.63) is 107 Å². The summed E-state index contributed by atoms with van der Waals surface area (Å²) in [5.41, 5.74) is 6.91. The standard InChI is InChI=1S/C25H21N3/c1-3-9-19(10-4-1)15-26-25-21-13-7-8-14-23(21)27-24-18-28(17-22(24)25)16-20-11-5-2-6-12-20/h1-15H,16-18H2. The normalized spacial score (nSPS) is 14.0. The molecule has 4 aromatic rings. The Kier molecular flexibility index (Phi) is 4.43. The first-order valence-electron chi connectivity index (χ1n) is 9.63. The van der Waals surface area contributed by atoms with Crippen molar-refractivity contribution in [2.45, 2.75) is 19.6 Å². The van der Waals surface area contributed by atoms with Gasteiger partial charge in [-0.05, 0) is 17.2 Å². The topological polar surface area (TPSA) is 28.5 Å². The summed E-state index contributed by atoms with van der Waals surface area (Å²) in [7, 11) is 0. The minimum atomic E-state index is 0.864. The van der Waals surface area contributed by atoms with Crippen LogP contribution in [0.4, 0.5) is 5.69 Å². The van der Waals surface area contributed by atoms with Crippen molar-refractivity contribution in [2.24, 2.45) is 4.99 Å². The fraction of sp³-hybridized carbons (Fsp3) is 0.120. The van der Waals surface area contributed by atoms with Crippen LogP contribution in [0.3, 0.4) is 0 Å². The highest BCUT2D eigenvalue weighted by molar-refractivity contribution is 5.95. The lowest BCUT2D eigenvalue weighted by molar-refractivity contribution is 0.274. The van der Waals surface area contributed by atoms with E-state index in [1.165, 1.54) is 11.1 Å². The molecule has 0 spiro atoms. The number of aliphatic imine (C=N–C) groups is 1. The highest BCUT2D eigenvalue weighted by atomic mass is 15.2. The van der Waals surface area contributed by atoms with Gasteiger partial charge >= 0.3 is 0 Å². The van der Waals surface area contributed by atoms with Crippen LogP contribution in [-0.2, 0) is 19.6 Å². The average Bonchev–Trinajstić information content (AvgIpc) is 3.14. The molecule has 0 N–H and O–H groups in total. The molecule has 0 aliphatic carbocycles. The lowest BCUT2D eigenvalue weighted by atomic mass is 10.1. The Morgan fingerprint density at radius 2 is 1.54 bits per heavy atom. The number of hydrogen-bond donors (Lipinski definition) is 0. The fourth-order valence-electron chi connectivity index (χ4n) is 3.85. The van der Waals surface area contributed by atoms with Crippen LogP contribution in [0.2, 0.25) is 0 Å². The van der Waals surface area contributed by atoms with Gasteiger partial charge in [0.1, 0.15) is 0 Å². The second-order valence-electron chi connectivity index (χ2n) is 7.20. The van der Waals surface area contributed by atoms with E-state index in [0.717, 1.165) is 47.5 Å². The Labute approximate surface area is 165 Å². The molecule has 0 saturated heterocycles. The van der Waals surface area contributed by atoms with E-state index in [-0.39, 0.29) is 0 Å². The number of para-hydroxylation sites is 1. The number of pyridine rings is 1. The van der Waals surface area contributed by atoms with Crippen LogP contribution < -0.4 is 0 Å². The maximum Gasteiger partial charge on any atom is 0.0787 e. The molecule has 2 heterocycles. The van der Waals surface area contributed by atoms with Gasteiger partial charge < -0.3 is 0 Å². The molecule has 0 fully saturated rings. The third kappa shape index (κ3) is 3.32. The number of aromatic nitrogens is 1. The van der Waals surface area contributed by atoms with Gasteiger partial charge in [-0.3, -0.25) is 14.9 Å². The molecule has 1 aliphatic heterocycles. The van der Waals surface area contributed by atoms with Crippen LogP contribution in [0.1, 0.15) is 22.4 Å². The van der Waals surface area contributed by atoms with E-state index >= 15 is 0 Å². The van der Waals surface area contributed by atoms with Crippen LogP contribution in [0, 0.1) is 0 Å². The average molecular weight is 363 g/mol. The molecule has 3 nitrogen and oxygen atoms in total. The fourth-order valence-corrected chi connectivity index (χ4v) is 3.85. The monoisotopic (exact) mass is 363 g/mol. The number of fused-ring (bicyclic) bond motifs is 2. The van der Waals surface area contributed by atoms with E-state index < -0.39 is 0 Å². The molecule has 0 radical (unpaired) electrons. The van der Waals surface area contributed by atoms with Crippen molar-refractivity contribution in [3.8, 4) is 0 Å². The van der Waals surface area contributed by atoms with Gasteiger partial charge in [-0.2, -0.15) is 0 Å². The van der Waals surface area contributed by atoms with Crippen LogP contribution in [-0.4, -0.2) is 16.1 Å². The lowest BCUT2D eigenvalue weighted by Crippen LogP contribution is -2.15. The second-order valence-corrected chi connectivity index (χ2v) is 7.20. The second kappa shape index (κ2) is 7.37. The summed E-state index contributed by atoms with van der Waals surface area (Å²) in [6.07, 6.45) is 1.96. The molecule has 3 aromatic carbocycles. The zero-order chi connectivity index (χ0) is 18.8. The number of hydrogen-bond acceptors (Lipinski definition) is 3. The van der Waals surface area contributed by atoms with Gasteiger partial charge in [0.2, 0.25) is 0 Å². The highest BCUT2D eigenvalue weighted by Crippen LogP contribution is 2.36.